The highest BCUT2D eigenvalue weighted by molar-refractivity contribution is 5.81. The number of anilines is 2. The van der Waals surface area contributed by atoms with Crippen molar-refractivity contribution in [1.29, 1.82) is 0 Å². The van der Waals surface area contributed by atoms with Gasteiger partial charge in [0.1, 0.15) is 11.4 Å². The van der Waals surface area contributed by atoms with E-state index in [1.54, 1.807) is 0 Å². The molecule has 3 N–H and O–H groups in total. The van der Waals surface area contributed by atoms with Crippen LogP contribution < -0.4 is 15.5 Å². The molecule has 1 heterocycles. The number of unbranched alkanes of at least 4 members (excludes halogenated alkanes) is 3. The Morgan fingerprint density at radius 3 is 2.58 bits per heavy atom. The van der Waals surface area contributed by atoms with Gasteiger partial charge in [0.05, 0.1) is 12.4 Å². The molecule has 106 valence electrons. The summed E-state index contributed by atoms with van der Waals surface area (Å²) in [5, 5.41) is 10.2. The van der Waals surface area contributed by atoms with Crippen LogP contribution in [-0.4, -0.2) is 32.4 Å². The van der Waals surface area contributed by atoms with Crippen LogP contribution in [0.15, 0.2) is 12.1 Å². The molecule has 1 aromatic rings. The van der Waals surface area contributed by atoms with Gasteiger partial charge in [0.2, 0.25) is 0 Å². The van der Waals surface area contributed by atoms with Crippen LogP contribution in [0.3, 0.4) is 0 Å². The van der Waals surface area contributed by atoms with Crippen molar-refractivity contribution in [2.75, 3.05) is 37.1 Å². The first kappa shape index (κ1) is 14.0. The molecule has 4 heteroatoms. The zero-order valence-electron chi connectivity index (χ0n) is 12.0. The molecule has 0 amide bonds. The predicted octanol–water partition coefficient (Wildman–Crippen LogP) is 2.30. The summed E-state index contributed by atoms with van der Waals surface area (Å²) in [7, 11) is 4.07. The lowest BCUT2D eigenvalue weighted by Crippen LogP contribution is -2.23. The zero-order valence-corrected chi connectivity index (χ0v) is 12.0. The fraction of sp³-hybridized carbons (Fsp3) is 0.600. The summed E-state index contributed by atoms with van der Waals surface area (Å²) in [5.74, 6) is 0.404. The summed E-state index contributed by atoms with van der Waals surface area (Å²) in [5.41, 5.74) is 8.81. The van der Waals surface area contributed by atoms with Crippen molar-refractivity contribution in [3.63, 3.8) is 0 Å². The van der Waals surface area contributed by atoms with E-state index in [9.17, 15) is 5.11 Å². The highest BCUT2D eigenvalue weighted by atomic mass is 16.3. The van der Waals surface area contributed by atoms with Crippen LogP contribution >= 0.6 is 0 Å². The summed E-state index contributed by atoms with van der Waals surface area (Å²) in [4.78, 5) is 4.25. The minimum absolute atomic E-state index is 0.404. The van der Waals surface area contributed by atoms with Crippen molar-refractivity contribution in [3.8, 4) is 5.75 Å². The molecule has 0 bridgehead atoms. The molecule has 0 atom stereocenters. The zero-order chi connectivity index (χ0) is 13.8. The van der Waals surface area contributed by atoms with Crippen LogP contribution in [0.1, 0.15) is 31.2 Å². The van der Waals surface area contributed by atoms with Gasteiger partial charge in [0.15, 0.2) is 0 Å². The number of phenolic OH excluding ortho intramolecular Hbond substituents is 1. The first-order chi connectivity index (χ1) is 9.13. The maximum Gasteiger partial charge on any atom is 0.141 e. The van der Waals surface area contributed by atoms with E-state index in [1.807, 2.05) is 13.1 Å². The molecule has 2 rings (SSSR count). The first-order valence-corrected chi connectivity index (χ1v) is 7.11. The third-order valence-corrected chi connectivity index (χ3v) is 3.77. The summed E-state index contributed by atoms with van der Waals surface area (Å²) < 4.78 is 0. The van der Waals surface area contributed by atoms with Crippen LogP contribution in [0.25, 0.3) is 0 Å². The molecule has 0 aliphatic carbocycles. The van der Waals surface area contributed by atoms with Gasteiger partial charge in [-0.2, -0.15) is 0 Å². The van der Waals surface area contributed by atoms with E-state index < -0.39 is 0 Å². The molecule has 0 unspecified atom stereocenters. The SMILES string of the molecule is CN1CN(C)c2c(O)cc(CCCCCCN)cc21. The highest BCUT2D eigenvalue weighted by Crippen LogP contribution is 2.42. The molecule has 0 saturated heterocycles. The van der Waals surface area contributed by atoms with Gasteiger partial charge in [-0.1, -0.05) is 12.8 Å². The molecule has 0 fully saturated rings. The summed E-state index contributed by atoms with van der Waals surface area (Å²) >= 11 is 0. The van der Waals surface area contributed by atoms with E-state index in [1.165, 1.54) is 18.4 Å². The normalized spacial score (nSPS) is 14.1. The fourth-order valence-corrected chi connectivity index (χ4v) is 2.78. The minimum atomic E-state index is 0.404. The number of rotatable bonds is 6. The van der Waals surface area contributed by atoms with Gasteiger partial charge in [0.25, 0.3) is 0 Å². The summed E-state index contributed by atoms with van der Waals surface area (Å²) in [6.45, 7) is 1.62. The summed E-state index contributed by atoms with van der Waals surface area (Å²) in [6, 6.07) is 4.12. The summed E-state index contributed by atoms with van der Waals surface area (Å²) in [6.07, 6.45) is 5.73. The Morgan fingerprint density at radius 2 is 1.84 bits per heavy atom. The van der Waals surface area contributed by atoms with Crippen molar-refractivity contribution >= 4 is 11.4 Å². The molecule has 19 heavy (non-hydrogen) atoms. The van der Waals surface area contributed by atoms with Gasteiger partial charge in [-0.05, 0) is 43.5 Å². The Balaban J connectivity index is 2.00. The third-order valence-electron chi connectivity index (χ3n) is 3.77. The second-order valence-electron chi connectivity index (χ2n) is 5.47. The number of fused-ring (bicyclic) bond motifs is 1. The fourth-order valence-electron chi connectivity index (χ4n) is 2.78. The number of hydrogen-bond donors (Lipinski definition) is 2. The number of nitrogens with zero attached hydrogens (tertiary/aromatic N) is 2. The van der Waals surface area contributed by atoms with Crippen molar-refractivity contribution in [2.24, 2.45) is 5.73 Å². The predicted molar refractivity (Wildman–Crippen MR) is 81.0 cm³/mol. The maximum absolute atomic E-state index is 10.2. The lowest BCUT2D eigenvalue weighted by molar-refractivity contribution is 0.475. The molecule has 1 aromatic carbocycles. The van der Waals surface area contributed by atoms with E-state index in [0.717, 1.165) is 43.9 Å². The van der Waals surface area contributed by atoms with Gasteiger partial charge in [0, 0.05) is 14.1 Å². The Bertz CT molecular complexity index is 434. The van der Waals surface area contributed by atoms with Gasteiger partial charge in [-0.3, -0.25) is 0 Å². The van der Waals surface area contributed by atoms with Crippen molar-refractivity contribution in [3.05, 3.63) is 17.7 Å². The van der Waals surface area contributed by atoms with E-state index in [-0.39, 0.29) is 0 Å². The second kappa shape index (κ2) is 6.15. The average Bonchev–Trinajstić information content (AvgIpc) is 2.65. The third kappa shape index (κ3) is 3.13. The van der Waals surface area contributed by atoms with Crippen LogP contribution in [0.5, 0.6) is 5.75 Å². The average molecular weight is 263 g/mol. The first-order valence-electron chi connectivity index (χ1n) is 7.11. The van der Waals surface area contributed by atoms with Gasteiger partial charge >= 0.3 is 0 Å². The number of aryl methyl sites for hydroxylation is 1. The molecule has 0 spiro atoms. The number of hydrogen-bond acceptors (Lipinski definition) is 4. The van der Waals surface area contributed by atoms with E-state index in [2.05, 4.69) is 22.9 Å². The number of benzene rings is 1. The Kier molecular flexibility index (Phi) is 4.53. The topological polar surface area (TPSA) is 52.7 Å². The molecule has 4 nitrogen and oxygen atoms in total. The molecule has 1 aliphatic heterocycles. The quantitative estimate of drug-likeness (QED) is 0.773. The van der Waals surface area contributed by atoms with E-state index >= 15 is 0 Å². The standard InChI is InChI=1S/C15H25N3O/c1-17-11-18(2)15-13(17)9-12(10-14(15)19)7-5-3-4-6-8-16/h9-10,19H,3-8,11,16H2,1-2H3. The maximum atomic E-state index is 10.2. The molecule has 0 saturated carbocycles. The van der Waals surface area contributed by atoms with Crippen LogP contribution in [0.2, 0.25) is 0 Å². The van der Waals surface area contributed by atoms with Gasteiger partial charge in [-0.25, -0.2) is 0 Å². The van der Waals surface area contributed by atoms with Crippen LogP contribution in [0.4, 0.5) is 11.4 Å². The monoisotopic (exact) mass is 263 g/mol. The molecular formula is C15H25N3O. The van der Waals surface area contributed by atoms with E-state index in [0.29, 0.717) is 5.75 Å². The van der Waals surface area contributed by atoms with Crippen molar-refractivity contribution < 1.29 is 5.11 Å². The Labute approximate surface area is 115 Å². The lowest BCUT2D eigenvalue weighted by atomic mass is 10.0. The number of nitrogens with two attached hydrogens (primary N) is 1. The highest BCUT2D eigenvalue weighted by Gasteiger charge is 2.24. The largest absolute Gasteiger partial charge is 0.506 e. The molecule has 0 aromatic heterocycles. The van der Waals surface area contributed by atoms with Gasteiger partial charge in [-0.15, -0.1) is 0 Å². The molecule has 1 aliphatic rings. The Morgan fingerprint density at radius 1 is 1.11 bits per heavy atom. The van der Waals surface area contributed by atoms with Crippen LogP contribution in [-0.2, 0) is 6.42 Å². The van der Waals surface area contributed by atoms with Crippen LogP contribution in [0, 0.1) is 0 Å². The smallest absolute Gasteiger partial charge is 0.141 e. The van der Waals surface area contributed by atoms with Crippen molar-refractivity contribution in [1.82, 2.24) is 0 Å². The second-order valence-corrected chi connectivity index (χ2v) is 5.47. The number of phenols is 1. The lowest BCUT2D eigenvalue weighted by Gasteiger charge is -2.12. The molecular weight excluding hydrogens is 238 g/mol. The number of aromatic hydroxyl groups is 1. The van der Waals surface area contributed by atoms with Gasteiger partial charge < -0.3 is 20.6 Å². The molecule has 0 radical (unpaired) electrons. The van der Waals surface area contributed by atoms with E-state index in [4.69, 9.17) is 5.73 Å². The Hall–Kier alpha value is -1.42. The van der Waals surface area contributed by atoms with Crippen molar-refractivity contribution in [2.45, 2.75) is 32.1 Å². The minimum Gasteiger partial charge on any atom is -0.506 e.